The summed E-state index contributed by atoms with van der Waals surface area (Å²) >= 11 is 0. The van der Waals surface area contributed by atoms with Gasteiger partial charge in [0.15, 0.2) is 0 Å². The minimum atomic E-state index is 0.200. The molecule has 0 spiro atoms. The summed E-state index contributed by atoms with van der Waals surface area (Å²) < 4.78 is 5.88. The summed E-state index contributed by atoms with van der Waals surface area (Å²) in [6, 6.07) is 14.4. The molecule has 0 aliphatic carbocycles. The number of amides is 1. The molecule has 2 heterocycles. The van der Waals surface area contributed by atoms with Gasteiger partial charge < -0.3 is 15.0 Å². The van der Waals surface area contributed by atoms with Crippen molar-refractivity contribution in [2.75, 3.05) is 31.6 Å². The van der Waals surface area contributed by atoms with Crippen molar-refractivity contribution in [1.29, 1.82) is 0 Å². The summed E-state index contributed by atoms with van der Waals surface area (Å²) in [6.45, 7) is 7.24. The largest absolute Gasteiger partial charge is 0.494 e. The number of piperidine rings is 1. The van der Waals surface area contributed by atoms with Gasteiger partial charge in [0, 0.05) is 32.8 Å². The zero-order valence-corrected chi connectivity index (χ0v) is 17.7. The number of benzene rings is 1. The highest BCUT2D eigenvalue weighted by Gasteiger charge is 2.33. The number of pyridine rings is 1. The van der Waals surface area contributed by atoms with Crippen LogP contribution in [0.15, 0.2) is 48.7 Å². The van der Waals surface area contributed by atoms with Crippen LogP contribution in [0.4, 0.5) is 5.82 Å². The first-order chi connectivity index (χ1) is 14.1. The lowest BCUT2D eigenvalue weighted by atomic mass is 9.72. The van der Waals surface area contributed by atoms with E-state index in [0.29, 0.717) is 12.0 Å². The fourth-order valence-corrected chi connectivity index (χ4v) is 4.03. The first-order valence-electron chi connectivity index (χ1n) is 10.7. The molecular formula is C24H33N3O2. The Hall–Kier alpha value is -2.56. The normalized spacial score (nSPS) is 15.7. The van der Waals surface area contributed by atoms with Gasteiger partial charge in [-0.15, -0.1) is 0 Å². The van der Waals surface area contributed by atoms with E-state index in [9.17, 15) is 4.79 Å². The van der Waals surface area contributed by atoms with E-state index in [-0.39, 0.29) is 5.91 Å². The molecule has 0 radical (unpaired) electrons. The maximum atomic E-state index is 11.6. The Kier molecular flexibility index (Phi) is 7.50. The summed E-state index contributed by atoms with van der Waals surface area (Å²) in [5.41, 5.74) is 1.66. The first-order valence-corrected chi connectivity index (χ1v) is 10.7. The molecule has 0 unspecified atom stereocenters. The van der Waals surface area contributed by atoms with E-state index in [4.69, 9.17) is 4.74 Å². The van der Waals surface area contributed by atoms with Crippen molar-refractivity contribution in [3.05, 3.63) is 54.2 Å². The molecule has 1 amide bonds. The fourth-order valence-electron chi connectivity index (χ4n) is 4.03. The molecule has 1 aliphatic heterocycles. The minimum Gasteiger partial charge on any atom is -0.494 e. The minimum absolute atomic E-state index is 0.200. The average molecular weight is 396 g/mol. The van der Waals surface area contributed by atoms with Gasteiger partial charge in [0.1, 0.15) is 11.6 Å². The fraction of sp³-hybridized carbons (Fsp3) is 0.500. The molecule has 156 valence electrons. The standard InChI is InChI=1S/C24H33N3O2/c1-3-24(12-16-27(17-13-24)20(2)28)19-21-8-10-22(11-9-21)29-18-6-15-26-23-7-4-5-14-25-23/h4-5,7-11,14H,3,6,12-13,15-19H2,1-2H3,(H,25,26). The zero-order chi connectivity index (χ0) is 20.5. The van der Waals surface area contributed by atoms with Crippen molar-refractivity contribution in [1.82, 2.24) is 9.88 Å². The van der Waals surface area contributed by atoms with Crippen molar-refractivity contribution < 1.29 is 9.53 Å². The van der Waals surface area contributed by atoms with Crippen LogP contribution in [0, 0.1) is 5.41 Å². The van der Waals surface area contributed by atoms with E-state index in [1.807, 2.05) is 23.1 Å². The molecule has 1 aromatic heterocycles. The van der Waals surface area contributed by atoms with Gasteiger partial charge in [0.2, 0.25) is 5.91 Å². The molecule has 1 N–H and O–H groups in total. The Morgan fingerprint density at radius 1 is 1.17 bits per heavy atom. The maximum absolute atomic E-state index is 11.6. The SMILES string of the molecule is CCC1(Cc2ccc(OCCCNc3ccccn3)cc2)CCN(C(C)=O)CC1. The van der Waals surface area contributed by atoms with Crippen LogP contribution < -0.4 is 10.1 Å². The Morgan fingerprint density at radius 3 is 2.55 bits per heavy atom. The number of hydrogen-bond acceptors (Lipinski definition) is 4. The molecular weight excluding hydrogens is 362 g/mol. The highest BCUT2D eigenvalue weighted by Crippen LogP contribution is 2.38. The van der Waals surface area contributed by atoms with Crippen LogP contribution in [0.5, 0.6) is 5.75 Å². The number of anilines is 1. The first kappa shape index (κ1) is 21.2. The molecule has 3 rings (SSSR count). The Bertz CT molecular complexity index is 753. The second kappa shape index (κ2) is 10.3. The second-order valence-corrected chi connectivity index (χ2v) is 8.02. The lowest BCUT2D eigenvalue weighted by Crippen LogP contribution is -2.43. The third-order valence-corrected chi connectivity index (χ3v) is 6.08. The third-order valence-electron chi connectivity index (χ3n) is 6.08. The van der Waals surface area contributed by atoms with Gasteiger partial charge in [0.05, 0.1) is 6.61 Å². The molecule has 1 aliphatic rings. The van der Waals surface area contributed by atoms with Crippen molar-refractivity contribution >= 4 is 11.7 Å². The van der Waals surface area contributed by atoms with Crippen molar-refractivity contribution in [2.24, 2.45) is 5.41 Å². The second-order valence-electron chi connectivity index (χ2n) is 8.02. The summed E-state index contributed by atoms with van der Waals surface area (Å²) in [5, 5.41) is 3.29. The summed E-state index contributed by atoms with van der Waals surface area (Å²) in [7, 11) is 0. The average Bonchev–Trinajstić information content (AvgIpc) is 2.76. The van der Waals surface area contributed by atoms with E-state index in [1.165, 1.54) is 5.56 Å². The van der Waals surface area contributed by atoms with E-state index in [1.54, 1.807) is 13.1 Å². The summed E-state index contributed by atoms with van der Waals surface area (Å²) in [5.74, 6) is 2.02. The van der Waals surface area contributed by atoms with E-state index < -0.39 is 0 Å². The quantitative estimate of drug-likeness (QED) is 0.633. The number of ether oxygens (including phenoxy) is 1. The summed E-state index contributed by atoms with van der Waals surface area (Å²) in [6.07, 6.45) is 7.11. The van der Waals surface area contributed by atoms with Crippen molar-refractivity contribution in [3.8, 4) is 5.75 Å². The highest BCUT2D eigenvalue weighted by molar-refractivity contribution is 5.73. The molecule has 5 nitrogen and oxygen atoms in total. The van der Waals surface area contributed by atoms with Gasteiger partial charge in [0.25, 0.3) is 0 Å². The van der Waals surface area contributed by atoms with Crippen LogP contribution in [-0.2, 0) is 11.2 Å². The number of carbonyl (C=O) groups excluding carboxylic acids is 1. The lowest BCUT2D eigenvalue weighted by Gasteiger charge is -2.41. The Balaban J connectivity index is 1.42. The van der Waals surface area contributed by atoms with Crippen molar-refractivity contribution in [3.63, 3.8) is 0 Å². The molecule has 2 aromatic rings. The smallest absolute Gasteiger partial charge is 0.219 e. The lowest BCUT2D eigenvalue weighted by molar-refractivity contribution is -0.131. The number of aromatic nitrogens is 1. The number of nitrogens with one attached hydrogen (secondary N) is 1. The van der Waals surface area contributed by atoms with Gasteiger partial charge in [-0.25, -0.2) is 4.98 Å². The van der Waals surface area contributed by atoms with Gasteiger partial charge >= 0.3 is 0 Å². The molecule has 1 fully saturated rings. The van der Waals surface area contributed by atoms with Crippen LogP contribution in [0.25, 0.3) is 0 Å². The molecule has 1 aromatic carbocycles. The van der Waals surface area contributed by atoms with Crippen LogP contribution >= 0.6 is 0 Å². The van der Waals surface area contributed by atoms with Crippen LogP contribution in [-0.4, -0.2) is 42.0 Å². The predicted octanol–water partition coefficient (Wildman–Crippen LogP) is 4.54. The van der Waals surface area contributed by atoms with Gasteiger partial charge in [-0.05, 0) is 60.9 Å². The molecule has 0 atom stereocenters. The number of rotatable bonds is 9. The molecule has 29 heavy (non-hydrogen) atoms. The van der Waals surface area contributed by atoms with Crippen LogP contribution in [0.1, 0.15) is 45.1 Å². The van der Waals surface area contributed by atoms with Gasteiger partial charge in [-0.2, -0.15) is 0 Å². The van der Waals surface area contributed by atoms with Gasteiger partial charge in [-0.3, -0.25) is 4.79 Å². The summed E-state index contributed by atoms with van der Waals surface area (Å²) in [4.78, 5) is 17.8. The van der Waals surface area contributed by atoms with E-state index in [0.717, 1.165) is 63.3 Å². The Morgan fingerprint density at radius 2 is 1.93 bits per heavy atom. The molecule has 1 saturated heterocycles. The highest BCUT2D eigenvalue weighted by atomic mass is 16.5. The zero-order valence-electron chi connectivity index (χ0n) is 17.7. The molecule has 5 heteroatoms. The predicted molar refractivity (Wildman–Crippen MR) is 117 cm³/mol. The monoisotopic (exact) mass is 395 g/mol. The Labute approximate surface area is 174 Å². The van der Waals surface area contributed by atoms with Crippen molar-refractivity contribution in [2.45, 2.75) is 46.0 Å². The topological polar surface area (TPSA) is 54.5 Å². The van der Waals surface area contributed by atoms with E-state index in [2.05, 4.69) is 41.5 Å². The number of likely N-dealkylation sites (tertiary alicyclic amines) is 1. The van der Waals surface area contributed by atoms with E-state index >= 15 is 0 Å². The molecule has 0 saturated carbocycles. The third kappa shape index (κ3) is 6.21. The van der Waals surface area contributed by atoms with Crippen LogP contribution in [0.2, 0.25) is 0 Å². The number of hydrogen-bond donors (Lipinski definition) is 1. The van der Waals surface area contributed by atoms with Gasteiger partial charge in [-0.1, -0.05) is 31.5 Å². The van der Waals surface area contributed by atoms with Crippen LogP contribution in [0.3, 0.4) is 0 Å². The number of nitrogens with zero attached hydrogens (tertiary/aromatic N) is 2. The maximum Gasteiger partial charge on any atom is 0.219 e. The molecule has 0 bridgehead atoms. The number of carbonyl (C=O) groups is 1.